The van der Waals surface area contributed by atoms with Crippen molar-refractivity contribution in [2.45, 2.75) is 27.7 Å². The first-order valence-electron chi connectivity index (χ1n) is 6.34. The number of aryl methyl sites for hydroxylation is 1. The van der Waals surface area contributed by atoms with Crippen molar-refractivity contribution in [3.8, 4) is 0 Å². The highest BCUT2D eigenvalue weighted by Gasteiger charge is 2.25. The number of carbonyl (C=O) groups excluding carboxylic acids is 1. The van der Waals surface area contributed by atoms with Gasteiger partial charge in [0.15, 0.2) is 5.78 Å². The van der Waals surface area contributed by atoms with Crippen LogP contribution in [0.2, 0.25) is 0 Å². The largest absolute Gasteiger partial charge is 0.294 e. The highest BCUT2D eigenvalue weighted by Crippen LogP contribution is 2.49. The molecule has 0 saturated carbocycles. The van der Waals surface area contributed by atoms with Crippen LogP contribution >= 0.6 is 39.5 Å². The molecule has 0 fully saturated rings. The van der Waals surface area contributed by atoms with Crippen molar-refractivity contribution in [1.82, 2.24) is 0 Å². The van der Waals surface area contributed by atoms with Gasteiger partial charge in [-0.05, 0) is 36.8 Å². The minimum absolute atomic E-state index is 0.215. The molecular formula is C16H13BrOS2. The van der Waals surface area contributed by atoms with Crippen molar-refractivity contribution in [2.75, 3.05) is 0 Å². The monoisotopic (exact) mass is 364 g/mol. The molecule has 1 heterocycles. The van der Waals surface area contributed by atoms with Crippen LogP contribution in [0, 0.1) is 6.92 Å². The van der Waals surface area contributed by atoms with Gasteiger partial charge in [-0.15, -0.1) is 23.5 Å². The lowest BCUT2D eigenvalue weighted by Gasteiger charge is -2.06. The Morgan fingerprint density at radius 2 is 1.80 bits per heavy atom. The van der Waals surface area contributed by atoms with Crippen LogP contribution in [-0.2, 0) is 0 Å². The lowest BCUT2D eigenvalue weighted by atomic mass is 10.1. The van der Waals surface area contributed by atoms with E-state index in [4.69, 9.17) is 0 Å². The molecule has 102 valence electrons. The summed E-state index contributed by atoms with van der Waals surface area (Å²) in [6, 6.07) is 14.1. The maximum absolute atomic E-state index is 12.3. The number of Topliss-reactive ketones (excluding diaryl/α,β-unsaturated/α-hetero) is 1. The first-order valence-corrected chi connectivity index (χ1v) is 8.90. The number of benzene rings is 2. The maximum Gasteiger partial charge on any atom is 0.164 e. The Bertz CT molecular complexity index is 652. The third kappa shape index (κ3) is 3.13. The first kappa shape index (κ1) is 14.2. The van der Waals surface area contributed by atoms with E-state index in [-0.39, 0.29) is 5.78 Å². The van der Waals surface area contributed by atoms with Gasteiger partial charge in [-0.2, -0.15) is 0 Å². The van der Waals surface area contributed by atoms with Crippen molar-refractivity contribution in [3.63, 3.8) is 0 Å². The van der Waals surface area contributed by atoms with Crippen LogP contribution < -0.4 is 0 Å². The van der Waals surface area contributed by atoms with Gasteiger partial charge in [-0.25, -0.2) is 0 Å². The van der Waals surface area contributed by atoms with Gasteiger partial charge >= 0.3 is 0 Å². The summed E-state index contributed by atoms with van der Waals surface area (Å²) >= 11 is 7.00. The number of hydrogen-bond acceptors (Lipinski definition) is 3. The van der Waals surface area contributed by atoms with E-state index in [0.29, 0.717) is 11.0 Å². The zero-order chi connectivity index (χ0) is 14.1. The Balaban J connectivity index is 1.68. The van der Waals surface area contributed by atoms with E-state index < -0.39 is 0 Å². The van der Waals surface area contributed by atoms with Crippen LogP contribution in [-0.4, -0.2) is 10.4 Å². The van der Waals surface area contributed by atoms with Crippen LogP contribution in [0.1, 0.15) is 22.3 Å². The molecule has 0 amide bonds. The molecule has 0 aliphatic carbocycles. The third-order valence-corrected chi connectivity index (χ3v) is 6.43. The highest BCUT2D eigenvalue weighted by atomic mass is 79.9. The fourth-order valence-corrected chi connectivity index (χ4v) is 5.26. The summed E-state index contributed by atoms with van der Waals surface area (Å²) in [5, 5.41) is 0. The summed E-state index contributed by atoms with van der Waals surface area (Å²) in [6.07, 6.45) is 0.574. The average Bonchev–Trinajstić information content (AvgIpc) is 2.80. The second-order valence-corrected chi connectivity index (χ2v) is 8.45. The lowest BCUT2D eigenvalue weighted by Crippen LogP contribution is -2.05. The highest BCUT2D eigenvalue weighted by molar-refractivity contribution is 9.10. The third-order valence-electron chi connectivity index (χ3n) is 3.13. The minimum atomic E-state index is 0.215. The fourth-order valence-electron chi connectivity index (χ4n) is 2.10. The predicted octanol–water partition coefficient (Wildman–Crippen LogP) is 5.55. The molecule has 0 spiro atoms. The fraction of sp³-hybridized carbons (Fsp3) is 0.188. The van der Waals surface area contributed by atoms with Crippen molar-refractivity contribution >= 4 is 45.2 Å². The Kier molecular flexibility index (Phi) is 4.24. The lowest BCUT2D eigenvalue weighted by molar-refractivity contribution is 0.0987. The van der Waals surface area contributed by atoms with Crippen molar-refractivity contribution in [2.24, 2.45) is 0 Å². The quantitative estimate of drug-likeness (QED) is 0.664. The van der Waals surface area contributed by atoms with Crippen LogP contribution in [0.3, 0.4) is 0 Å². The Labute approximate surface area is 135 Å². The van der Waals surface area contributed by atoms with Gasteiger partial charge in [-0.3, -0.25) is 4.79 Å². The second-order valence-electron chi connectivity index (χ2n) is 4.75. The molecule has 4 heteroatoms. The molecule has 1 atom stereocenters. The van der Waals surface area contributed by atoms with E-state index in [2.05, 4.69) is 41.1 Å². The summed E-state index contributed by atoms with van der Waals surface area (Å²) in [5.41, 5.74) is 2.07. The predicted molar refractivity (Wildman–Crippen MR) is 89.8 cm³/mol. The molecule has 0 radical (unpaired) electrons. The smallest absolute Gasteiger partial charge is 0.164 e. The van der Waals surface area contributed by atoms with Gasteiger partial charge in [0, 0.05) is 26.2 Å². The molecule has 3 rings (SSSR count). The van der Waals surface area contributed by atoms with Crippen LogP contribution in [0.15, 0.2) is 56.7 Å². The molecule has 0 aromatic heterocycles. The molecule has 2 aromatic carbocycles. The van der Waals surface area contributed by atoms with Crippen LogP contribution in [0.4, 0.5) is 0 Å². The summed E-state index contributed by atoms with van der Waals surface area (Å²) < 4.78 is 1.30. The first-order chi connectivity index (χ1) is 9.61. The van der Waals surface area contributed by atoms with Crippen LogP contribution in [0.5, 0.6) is 0 Å². The number of ketones is 1. The molecule has 0 saturated heterocycles. The molecular weight excluding hydrogens is 352 g/mol. The summed E-state index contributed by atoms with van der Waals surface area (Å²) in [4.78, 5) is 14.9. The van der Waals surface area contributed by atoms with E-state index >= 15 is 0 Å². The van der Waals surface area contributed by atoms with Gasteiger partial charge < -0.3 is 0 Å². The standard InChI is InChI=1S/C16H13BrOS2/c1-10-2-7-14-15(8-10)20-16(19-14)9-13(18)11-3-5-12(17)6-4-11/h2-8,16H,9H2,1H3/t16-/m0/s1. The number of halogens is 1. The van der Waals surface area contributed by atoms with Crippen molar-refractivity contribution in [3.05, 3.63) is 58.1 Å². The second kappa shape index (κ2) is 5.96. The van der Waals surface area contributed by atoms with E-state index in [1.807, 2.05) is 36.0 Å². The molecule has 0 N–H and O–H groups in total. The van der Waals surface area contributed by atoms with E-state index in [0.717, 1.165) is 10.0 Å². The molecule has 0 bridgehead atoms. The SMILES string of the molecule is Cc1ccc2c(c1)S[C@@H](CC(=O)c1ccc(Br)cc1)S2. The van der Waals surface area contributed by atoms with E-state index in [1.165, 1.54) is 15.4 Å². The number of carbonyl (C=O) groups is 1. The zero-order valence-corrected chi connectivity index (χ0v) is 14.1. The minimum Gasteiger partial charge on any atom is -0.294 e. The Hall–Kier alpha value is -0.710. The number of thioether (sulfide) groups is 2. The Morgan fingerprint density at radius 1 is 1.10 bits per heavy atom. The van der Waals surface area contributed by atoms with Gasteiger partial charge in [-0.1, -0.05) is 34.1 Å². The molecule has 1 nitrogen and oxygen atoms in total. The van der Waals surface area contributed by atoms with Gasteiger partial charge in [0.1, 0.15) is 0 Å². The maximum atomic E-state index is 12.3. The number of rotatable bonds is 3. The molecule has 1 aliphatic heterocycles. The zero-order valence-electron chi connectivity index (χ0n) is 10.9. The van der Waals surface area contributed by atoms with Gasteiger partial charge in [0.2, 0.25) is 0 Å². The number of fused-ring (bicyclic) bond motifs is 1. The average molecular weight is 365 g/mol. The molecule has 1 aliphatic rings. The van der Waals surface area contributed by atoms with Crippen molar-refractivity contribution in [1.29, 1.82) is 0 Å². The normalized spacial score (nSPS) is 17.0. The molecule has 0 unspecified atom stereocenters. The summed E-state index contributed by atoms with van der Waals surface area (Å²) in [7, 11) is 0. The molecule has 2 aromatic rings. The summed E-state index contributed by atoms with van der Waals surface area (Å²) in [5.74, 6) is 0.215. The van der Waals surface area contributed by atoms with Gasteiger partial charge in [0.25, 0.3) is 0 Å². The van der Waals surface area contributed by atoms with E-state index in [1.54, 1.807) is 11.8 Å². The molecule has 20 heavy (non-hydrogen) atoms. The Morgan fingerprint density at radius 3 is 2.55 bits per heavy atom. The summed E-state index contributed by atoms with van der Waals surface area (Å²) in [6.45, 7) is 2.10. The topological polar surface area (TPSA) is 17.1 Å². The van der Waals surface area contributed by atoms with Crippen molar-refractivity contribution < 1.29 is 4.79 Å². The van der Waals surface area contributed by atoms with E-state index in [9.17, 15) is 4.79 Å². The van der Waals surface area contributed by atoms with Gasteiger partial charge in [0.05, 0.1) is 4.58 Å². The van der Waals surface area contributed by atoms with Crippen LogP contribution in [0.25, 0.3) is 0 Å². The number of hydrogen-bond donors (Lipinski definition) is 0.